The molecule has 19 heavy (non-hydrogen) atoms. The van der Waals surface area contributed by atoms with E-state index in [9.17, 15) is 4.79 Å². The van der Waals surface area contributed by atoms with E-state index in [4.69, 9.17) is 5.11 Å². The van der Waals surface area contributed by atoms with Crippen molar-refractivity contribution in [1.82, 2.24) is 14.7 Å². The molecule has 1 saturated heterocycles. The number of nitrogens with zero attached hydrogens (tertiary/aromatic N) is 3. The lowest BCUT2D eigenvalue weighted by Gasteiger charge is -2.35. The first-order valence-corrected chi connectivity index (χ1v) is 6.27. The minimum Gasteiger partial charge on any atom is -0.481 e. The van der Waals surface area contributed by atoms with Gasteiger partial charge in [0.15, 0.2) is 0 Å². The van der Waals surface area contributed by atoms with E-state index in [0.29, 0.717) is 19.6 Å². The number of hydrogen-bond acceptors (Lipinski definition) is 3. The molecule has 0 bridgehead atoms. The lowest BCUT2D eigenvalue weighted by atomic mass is 10.0. The summed E-state index contributed by atoms with van der Waals surface area (Å²) in [4.78, 5) is 12.8. The van der Waals surface area contributed by atoms with Crippen molar-refractivity contribution in [2.45, 2.75) is 6.54 Å². The minimum atomic E-state index is -0.703. The summed E-state index contributed by atoms with van der Waals surface area (Å²) in [6.07, 6.45) is 1.93. The van der Waals surface area contributed by atoms with Gasteiger partial charge >= 0.3 is 5.97 Å². The van der Waals surface area contributed by atoms with Gasteiger partial charge in [-0.15, -0.1) is 0 Å². The fourth-order valence-corrected chi connectivity index (χ4v) is 2.25. The van der Waals surface area contributed by atoms with Crippen molar-refractivity contribution in [2.75, 3.05) is 13.1 Å². The van der Waals surface area contributed by atoms with Crippen LogP contribution in [-0.2, 0) is 11.3 Å². The highest BCUT2D eigenvalue weighted by Crippen LogP contribution is 2.18. The van der Waals surface area contributed by atoms with Gasteiger partial charge in [-0.25, -0.2) is 4.68 Å². The monoisotopic (exact) mass is 257 g/mol. The van der Waals surface area contributed by atoms with E-state index in [1.54, 1.807) is 0 Å². The van der Waals surface area contributed by atoms with Gasteiger partial charge in [0.2, 0.25) is 0 Å². The Bertz CT molecular complexity index is 573. The van der Waals surface area contributed by atoms with Gasteiger partial charge in [0.05, 0.1) is 17.3 Å². The zero-order chi connectivity index (χ0) is 13.2. The fraction of sp³-hybridized carbons (Fsp3) is 0.286. The second-order valence-electron chi connectivity index (χ2n) is 4.82. The van der Waals surface area contributed by atoms with Crippen LogP contribution in [0.15, 0.2) is 42.6 Å². The molecule has 2 aromatic rings. The van der Waals surface area contributed by atoms with E-state index < -0.39 is 5.97 Å². The van der Waals surface area contributed by atoms with Crippen LogP contribution in [0.1, 0.15) is 5.69 Å². The summed E-state index contributed by atoms with van der Waals surface area (Å²) in [5.74, 6) is -0.915. The summed E-state index contributed by atoms with van der Waals surface area (Å²) in [7, 11) is 0. The predicted molar refractivity (Wildman–Crippen MR) is 70.0 cm³/mol. The molecule has 5 nitrogen and oxygen atoms in total. The molecule has 98 valence electrons. The minimum absolute atomic E-state index is 0.212. The Morgan fingerprint density at radius 2 is 2.00 bits per heavy atom. The molecule has 1 aromatic carbocycles. The van der Waals surface area contributed by atoms with Crippen LogP contribution in [0.3, 0.4) is 0 Å². The SMILES string of the molecule is O=C(O)C1CN(Cc2ccn(-c3ccccc3)n2)C1. The van der Waals surface area contributed by atoms with Crippen LogP contribution in [-0.4, -0.2) is 38.8 Å². The zero-order valence-corrected chi connectivity index (χ0v) is 10.4. The van der Waals surface area contributed by atoms with E-state index in [1.165, 1.54) is 0 Å². The lowest BCUT2D eigenvalue weighted by molar-refractivity contribution is -0.147. The molecule has 1 aliphatic heterocycles. The maximum atomic E-state index is 10.7. The van der Waals surface area contributed by atoms with Crippen molar-refractivity contribution in [3.05, 3.63) is 48.3 Å². The maximum absolute atomic E-state index is 10.7. The Morgan fingerprint density at radius 3 is 2.68 bits per heavy atom. The van der Waals surface area contributed by atoms with Crippen LogP contribution in [0.25, 0.3) is 5.69 Å². The normalized spacial score (nSPS) is 16.2. The van der Waals surface area contributed by atoms with E-state index >= 15 is 0 Å². The van der Waals surface area contributed by atoms with Gasteiger partial charge in [-0.2, -0.15) is 5.10 Å². The van der Waals surface area contributed by atoms with Crippen molar-refractivity contribution in [3.8, 4) is 5.69 Å². The van der Waals surface area contributed by atoms with Crippen molar-refractivity contribution in [1.29, 1.82) is 0 Å². The molecule has 1 aromatic heterocycles. The summed E-state index contributed by atoms with van der Waals surface area (Å²) in [5.41, 5.74) is 1.99. The van der Waals surface area contributed by atoms with Crippen LogP contribution in [0.2, 0.25) is 0 Å². The van der Waals surface area contributed by atoms with Crippen molar-refractivity contribution in [2.24, 2.45) is 5.92 Å². The average Bonchev–Trinajstić information content (AvgIpc) is 2.82. The molecule has 1 aliphatic rings. The lowest BCUT2D eigenvalue weighted by Crippen LogP contribution is -2.49. The summed E-state index contributed by atoms with van der Waals surface area (Å²) in [5, 5.41) is 13.3. The first-order chi connectivity index (χ1) is 9.22. The van der Waals surface area contributed by atoms with Crippen LogP contribution >= 0.6 is 0 Å². The third-order valence-corrected chi connectivity index (χ3v) is 3.36. The van der Waals surface area contributed by atoms with E-state index in [0.717, 1.165) is 11.4 Å². The fourth-order valence-electron chi connectivity index (χ4n) is 2.25. The molecule has 0 amide bonds. The standard InChI is InChI=1S/C14H15N3O2/c18-14(19)11-8-16(9-11)10-12-6-7-17(15-12)13-4-2-1-3-5-13/h1-7,11H,8-10H2,(H,18,19). The first-order valence-electron chi connectivity index (χ1n) is 6.27. The zero-order valence-electron chi connectivity index (χ0n) is 10.4. The van der Waals surface area contributed by atoms with Crippen molar-refractivity contribution >= 4 is 5.97 Å². The van der Waals surface area contributed by atoms with E-state index in [-0.39, 0.29) is 5.92 Å². The summed E-state index contributed by atoms with van der Waals surface area (Å²) in [6, 6.07) is 11.9. The van der Waals surface area contributed by atoms with Crippen molar-refractivity contribution in [3.63, 3.8) is 0 Å². The Hall–Kier alpha value is -2.14. The molecule has 3 rings (SSSR count). The Kier molecular flexibility index (Phi) is 3.05. The quantitative estimate of drug-likeness (QED) is 0.899. The molecule has 0 atom stereocenters. The molecule has 2 heterocycles. The van der Waals surface area contributed by atoms with Crippen LogP contribution < -0.4 is 0 Å². The number of para-hydroxylation sites is 1. The highest BCUT2D eigenvalue weighted by atomic mass is 16.4. The number of likely N-dealkylation sites (tertiary alicyclic amines) is 1. The number of aliphatic carboxylic acids is 1. The molecule has 5 heteroatoms. The highest BCUT2D eigenvalue weighted by molar-refractivity contribution is 5.71. The molecule has 0 unspecified atom stereocenters. The molecule has 1 N–H and O–H groups in total. The van der Waals surface area contributed by atoms with E-state index in [2.05, 4.69) is 10.00 Å². The molecule has 0 spiro atoms. The summed E-state index contributed by atoms with van der Waals surface area (Å²) < 4.78 is 1.84. The smallest absolute Gasteiger partial charge is 0.309 e. The number of rotatable bonds is 4. The Morgan fingerprint density at radius 1 is 1.26 bits per heavy atom. The first kappa shape index (κ1) is 11.9. The second-order valence-corrected chi connectivity index (χ2v) is 4.82. The van der Waals surface area contributed by atoms with Gasteiger partial charge in [-0.05, 0) is 18.2 Å². The van der Waals surface area contributed by atoms with Crippen LogP contribution in [0.4, 0.5) is 0 Å². The predicted octanol–water partition coefficient (Wildman–Crippen LogP) is 1.39. The Labute approximate surface area is 111 Å². The molecule has 0 saturated carbocycles. The topological polar surface area (TPSA) is 58.4 Å². The largest absolute Gasteiger partial charge is 0.481 e. The highest BCUT2D eigenvalue weighted by Gasteiger charge is 2.32. The van der Waals surface area contributed by atoms with Crippen LogP contribution in [0, 0.1) is 5.92 Å². The van der Waals surface area contributed by atoms with Gasteiger partial charge in [0.1, 0.15) is 0 Å². The molecular weight excluding hydrogens is 242 g/mol. The summed E-state index contributed by atoms with van der Waals surface area (Å²) >= 11 is 0. The third-order valence-electron chi connectivity index (χ3n) is 3.36. The molecule has 0 radical (unpaired) electrons. The maximum Gasteiger partial charge on any atom is 0.309 e. The number of carboxylic acids is 1. The third kappa shape index (κ3) is 2.51. The number of aromatic nitrogens is 2. The average molecular weight is 257 g/mol. The number of carboxylic acid groups (broad SMARTS) is 1. The number of hydrogen-bond donors (Lipinski definition) is 1. The number of benzene rings is 1. The number of carbonyl (C=O) groups is 1. The molecular formula is C14H15N3O2. The summed E-state index contributed by atoms with van der Waals surface area (Å²) in [6.45, 7) is 1.95. The van der Waals surface area contributed by atoms with Gasteiger partial charge < -0.3 is 5.11 Å². The van der Waals surface area contributed by atoms with Gasteiger partial charge in [-0.1, -0.05) is 18.2 Å². The van der Waals surface area contributed by atoms with E-state index in [1.807, 2.05) is 47.3 Å². The van der Waals surface area contributed by atoms with Crippen LogP contribution in [0.5, 0.6) is 0 Å². The molecule has 1 fully saturated rings. The van der Waals surface area contributed by atoms with Crippen molar-refractivity contribution < 1.29 is 9.90 Å². The van der Waals surface area contributed by atoms with Gasteiger partial charge in [0, 0.05) is 25.8 Å². The van der Waals surface area contributed by atoms with Gasteiger partial charge in [0.25, 0.3) is 0 Å². The molecule has 0 aliphatic carbocycles. The van der Waals surface area contributed by atoms with Gasteiger partial charge in [-0.3, -0.25) is 9.69 Å². The second kappa shape index (κ2) is 4.85. The Balaban J connectivity index is 1.62.